The highest BCUT2D eigenvalue weighted by molar-refractivity contribution is 6.10. The molecule has 0 aromatic heterocycles. The number of hydrogen-bond donors (Lipinski definition) is 2. The minimum absolute atomic E-state index is 0.0460. The van der Waals surface area contributed by atoms with E-state index >= 15 is 0 Å². The summed E-state index contributed by atoms with van der Waals surface area (Å²) in [7, 11) is 0. The van der Waals surface area contributed by atoms with Crippen LogP contribution < -0.4 is 0 Å². The lowest BCUT2D eigenvalue weighted by atomic mass is 9.78. The molecule has 2 aromatic carbocycles. The summed E-state index contributed by atoms with van der Waals surface area (Å²) in [4.78, 5) is 39.8. The number of benzene rings is 2. The molecule has 1 saturated heterocycles. The SMILES string of the molecule is CC(C)(C)c1cc(C(=O)CN2C(=N)N(Cc3ccccc3)C(OC(=O)C(F)(F)F)C2=O)cc(C(C)(C)C)c1O. The van der Waals surface area contributed by atoms with Gasteiger partial charge in [0, 0.05) is 23.2 Å². The maximum atomic E-state index is 13.4. The quantitative estimate of drug-likeness (QED) is 0.394. The Kier molecular flexibility index (Phi) is 7.87. The molecule has 1 atom stereocenters. The third-order valence-corrected chi connectivity index (χ3v) is 6.28. The van der Waals surface area contributed by atoms with Gasteiger partial charge in [-0.15, -0.1) is 0 Å². The van der Waals surface area contributed by atoms with Gasteiger partial charge in [0.05, 0.1) is 6.54 Å². The Morgan fingerprint density at radius 3 is 1.95 bits per heavy atom. The van der Waals surface area contributed by atoms with Crippen molar-refractivity contribution in [2.45, 2.75) is 71.3 Å². The van der Waals surface area contributed by atoms with Gasteiger partial charge in [0.25, 0.3) is 12.1 Å². The first-order chi connectivity index (χ1) is 17.8. The molecule has 3 rings (SSSR count). The van der Waals surface area contributed by atoms with Gasteiger partial charge in [-0.05, 0) is 28.5 Å². The third-order valence-electron chi connectivity index (χ3n) is 6.28. The number of phenols is 1. The summed E-state index contributed by atoms with van der Waals surface area (Å²) < 4.78 is 43.4. The van der Waals surface area contributed by atoms with Crippen molar-refractivity contribution in [3.05, 3.63) is 64.7 Å². The number of carbonyl (C=O) groups is 3. The van der Waals surface area contributed by atoms with Crippen LogP contribution in [0.15, 0.2) is 42.5 Å². The second-order valence-corrected chi connectivity index (χ2v) is 11.5. The molecule has 2 N–H and O–H groups in total. The number of hydrogen-bond acceptors (Lipinski definition) is 6. The molecule has 1 heterocycles. The highest BCUT2D eigenvalue weighted by Crippen LogP contribution is 2.40. The Morgan fingerprint density at radius 1 is 0.974 bits per heavy atom. The lowest BCUT2D eigenvalue weighted by Crippen LogP contribution is -2.41. The van der Waals surface area contributed by atoms with Crippen LogP contribution in [-0.4, -0.2) is 57.5 Å². The molecule has 1 unspecified atom stereocenters. The minimum atomic E-state index is -5.36. The van der Waals surface area contributed by atoms with Gasteiger partial charge >= 0.3 is 12.1 Å². The Bertz CT molecular complexity index is 1260. The highest BCUT2D eigenvalue weighted by atomic mass is 19.4. The molecule has 39 heavy (non-hydrogen) atoms. The molecule has 0 saturated carbocycles. The number of halogens is 3. The number of nitrogens with one attached hydrogen (secondary N) is 1. The summed E-state index contributed by atoms with van der Waals surface area (Å²) in [5.74, 6) is -4.87. The number of guanidine groups is 1. The molecule has 0 aliphatic carbocycles. The van der Waals surface area contributed by atoms with Crippen molar-refractivity contribution in [3.8, 4) is 5.75 Å². The molecule has 0 bridgehead atoms. The van der Waals surface area contributed by atoms with E-state index in [4.69, 9.17) is 5.41 Å². The van der Waals surface area contributed by atoms with Crippen LogP contribution in [0.2, 0.25) is 0 Å². The summed E-state index contributed by atoms with van der Waals surface area (Å²) in [6.07, 6.45) is -7.43. The molecule has 210 valence electrons. The van der Waals surface area contributed by atoms with Crippen molar-refractivity contribution in [2.24, 2.45) is 0 Å². The molecular formula is C28H32F3N3O5. The summed E-state index contributed by atoms with van der Waals surface area (Å²) in [5.41, 5.74) is 0.625. The topological polar surface area (TPSA) is 111 Å². The van der Waals surface area contributed by atoms with E-state index in [0.29, 0.717) is 21.6 Å². The average Bonchev–Trinajstić information content (AvgIpc) is 3.01. The number of ether oxygens (including phenoxy) is 1. The van der Waals surface area contributed by atoms with E-state index in [9.17, 15) is 32.7 Å². The summed E-state index contributed by atoms with van der Waals surface area (Å²) in [5, 5.41) is 19.4. The molecular weight excluding hydrogens is 515 g/mol. The van der Waals surface area contributed by atoms with E-state index in [1.165, 1.54) is 12.1 Å². The second-order valence-electron chi connectivity index (χ2n) is 11.5. The van der Waals surface area contributed by atoms with Crippen molar-refractivity contribution < 1.29 is 37.4 Å². The number of phenolic OH excluding ortho intramolecular Hbond substituents is 1. The van der Waals surface area contributed by atoms with Crippen LogP contribution in [0.5, 0.6) is 5.75 Å². The monoisotopic (exact) mass is 547 g/mol. The van der Waals surface area contributed by atoms with Crippen molar-refractivity contribution in [1.82, 2.24) is 9.80 Å². The van der Waals surface area contributed by atoms with E-state index < -0.39 is 53.4 Å². The summed E-state index contributed by atoms with van der Waals surface area (Å²) in [6, 6.07) is 11.3. The van der Waals surface area contributed by atoms with Gasteiger partial charge in [0.1, 0.15) is 5.75 Å². The number of rotatable bonds is 6. The average molecular weight is 548 g/mol. The summed E-state index contributed by atoms with van der Waals surface area (Å²) in [6.45, 7) is 10.3. The van der Waals surface area contributed by atoms with Crippen molar-refractivity contribution in [3.63, 3.8) is 0 Å². The number of alkyl halides is 3. The van der Waals surface area contributed by atoms with E-state index in [1.807, 2.05) is 41.5 Å². The van der Waals surface area contributed by atoms with E-state index in [0.717, 1.165) is 4.90 Å². The first kappa shape index (κ1) is 29.7. The lowest BCUT2D eigenvalue weighted by molar-refractivity contribution is -0.210. The summed E-state index contributed by atoms with van der Waals surface area (Å²) >= 11 is 0. The van der Waals surface area contributed by atoms with Crippen LogP contribution in [0.4, 0.5) is 13.2 Å². The molecule has 1 aliphatic heterocycles. The zero-order valence-electron chi connectivity index (χ0n) is 22.6. The first-order valence-electron chi connectivity index (χ1n) is 12.2. The number of amides is 1. The van der Waals surface area contributed by atoms with E-state index in [1.54, 1.807) is 30.3 Å². The van der Waals surface area contributed by atoms with Crippen molar-refractivity contribution in [1.29, 1.82) is 5.41 Å². The second kappa shape index (κ2) is 10.3. The van der Waals surface area contributed by atoms with E-state index in [2.05, 4.69) is 4.74 Å². The van der Waals surface area contributed by atoms with Crippen LogP contribution in [0.3, 0.4) is 0 Å². The molecule has 11 heteroatoms. The molecule has 1 amide bonds. The van der Waals surface area contributed by atoms with Gasteiger partial charge in [0.15, 0.2) is 5.78 Å². The maximum Gasteiger partial charge on any atom is 0.491 e. The normalized spacial score (nSPS) is 16.6. The predicted molar refractivity (Wildman–Crippen MR) is 137 cm³/mol. The smallest absolute Gasteiger partial charge is 0.491 e. The minimum Gasteiger partial charge on any atom is -0.507 e. The van der Waals surface area contributed by atoms with Gasteiger partial charge in [-0.25, -0.2) is 4.79 Å². The number of nitrogens with zero attached hydrogens (tertiary/aromatic N) is 2. The molecule has 1 fully saturated rings. The molecule has 0 radical (unpaired) electrons. The van der Waals surface area contributed by atoms with Crippen LogP contribution in [0.1, 0.15) is 68.6 Å². The standard InChI is InChI=1S/C28H32F3N3O5/c1-26(2,3)18-12-17(13-19(21(18)36)27(4,5)6)20(35)15-33-22(37)23(39-24(38)28(29,30)31)34(25(33)32)14-16-10-8-7-9-11-16/h7-13,23,32,36H,14-15H2,1-6H3. The number of ketones is 1. The Hall–Kier alpha value is -3.89. The maximum absolute atomic E-state index is 13.4. The van der Waals surface area contributed by atoms with Crippen LogP contribution in [-0.2, 0) is 31.7 Å². The molecule has 2 aromatic rings. The molecule has 0 spiro atoms. The first-order valence-corrected chi connectivity index (χ1v) is 12.2. The predicted octanol–water partition coefficient (Wildman–Crippen LogP) is 4.88. The van der Waals surface area contributed by atoms with Gasteiger partial charge in [-0.2, -0.15) is 13.2 Å². The van der Waals surface area contributed by atoms with Crippen molar-refractivity contribution >= 4 is 23.6 Å². The third kappa shape index (κ3) is 6.40. The zero-order valence-corrected chi connectivity index (χ0v) is 22.6. The van der Waals surface area contributed by atoms with Gasteiger partial charge in [-0.3, -0.25) is 24.8 Å². The zero-order chi connectivity index (χ0) is 29.5. The lowest BCUT2D eigenvalue weighted by Gasteiger charge is -2.28. The van der Waals surface area contributed by atoms with Gasteiger partial charge < -0.3 is 9.84 Å². The van der Waals surface area contributed by atoms with Crippen LogP contribution in [0, 0.1) is 5.41 Å². The van der Waals surface area contributed by atoms with Crippen molar-refractivity contribution in [2.75, 3.05) is 6.54 Å². The number of aromatic hydroxyl groups is 1. The largest absolute Gasteiger partial charge is 0.507 e. The van der Waals surface area contributed by atoms with Gasteiger partial charge in [-0.1, -0.05) is 71.9 Å². The number of esters is 1. The number of carbonyl (C=O) groups excluding carboxylic acids is 3. The fraction of sp³-hybridized carbons (Fsp3) is 0.429. The Balaban J connectivity index is 1.98. The fourth-order valence-electron chi connectivity index (χ4n) is 4.18. The number of Topliss-reactive ketones (excluding diaryl/α,β-unsaturated/α-hetero) is 1. The Labute approximate surface area is 224 Å². The molecule has 8 nitrogen and oxygen atoms in total. The van der Waals surface area contributed by atoms with Gasteiger partial charge in [0.2, 0.25) is 5.96 Å². The van der Waals surface area contributed by atoms with Crippen LogP contribution in [0.25, 0.3) is 0 Å². The fourth-order valence-corrected chi connectivity index (χ4v) is 4.18. The van der Waals surface area contributed by atoms with E-state index in [-0.39, 0.29) is 17.9 Å². The highest BCUT2D eigenvalue weighted by Gasteiger charge is 2.50. The van der Waals surface area contributed by atoms with Crippen LogP contribution >= 0.6 is 0 Å². The molecule has 1 aliphatic rings. The Morgan fingerprint density at radius 2 is 1.49 bits per heavy atom.